The number of aryl methyl sites for hydroxylation is 1. The van der Waals surface area contributed by atoms with E-state index in [2.05, 4.69) is 20.3 Å². The molecule has 4 nitrogen and oxygen atoms in total. The Balaban J connectivity index is 1.88. The van der Waals surface area contributed by atoms with Gasteiger partial charge in [0.1, 0.15) is 22.3 Å². The van der Waals surface area contributed by atoms with Gasteiger partial charge in [0.2, 0.25) is 0 Å². The van der Waals surface area contributed by atoms with E-state index in [4.69, 9.17) is 0 Å². The molecular weight excluding hydrogens is 256 g/mol. The van der Waals surface area contributed by atoms with E-state index < -0.39 is 0 Å². The van der Waals surface area contributed by atoms with Crippen molar-refractivity contribution < 1.29 is 0 Å². The smallest absolute Gasteiger partial charge is 0.142 e. The third kappa shape index (κ3) is 2.77. The van der Waals surface area contributed by atoms with E-state index in [9.17, 15) is 0 Å². The maximum atomic E-state index is 4.55. The average Bonchev–Trinajstić information content (AvgIpc) is 2.87. The topological polar surface area (TPSA) is 50.7 Å². The van der Waals surface area contributed by atoms with Crippen LogP contribution >= 0.6 is 11.3 Å². The molecule has 0 aliphatic heterocycles. The van der Waals surface area contributed by atoms with Crippen molar-refractivity contribution >= 4 is 23.0 Å². The van der Waals surface area contributed by atoms with Gasteiger partial charge in [-0.1, -0.05) is 12.1 Å². The fourth-order valence-electron chi connectivity index (χ4n) is 1.66. The second-order valence-corrected chi connectivity index (χ2v) is 5.26. The minimum Gasteiger partial charge on any atom is -0.325 e. The lowest BCUT2D eigenvalue weighted by Crippen LogP contribution is -1.96. The highest BCUT2D eigenvalue weighted by molar-refractivity contribution is 7.14. The predicted molar refractivity (Wildman–Crippen MR) is 77.6 cm³/mol. The Hall–Kier alpha value is -2.27. The monoisotopic (exact) mass is 268 g/mol. The quantitative estimate of drug-likeness (QED) is 0.787. The van der Waals surface area contributed by atoms with Crippen molar-refractivity contribution in [3.05, 3.63) is 53.7 Å². The molecule has 0 saturated carbocycles. The molecule has 0 amide bonds. The van der Waals surface area contributed by atoms with Crippen LogP contribution in [0.3, 0.4) is 0 Å². The minimum absolute atomic E-state index is 0.768. The number of nitrogens with zero attached hydrogens (tertiary/aromatic N) is 3. The van der Waals surface area contributed by atoms with Gasteiger partial charge in [0, 0.05) is 17.3 Å². The van der Waals surface area contributed by atoms with Gasteiger partial charge < -0.3 is 5.32 Å². The van der Waals surface area contributed by atoms with Crippen LogP contribution in [0.4, 0.5) is 11.6 Å². The summed E-state index contributed by atoms with van der Waals surface area (Å²) in [6.07, 6.45) is 3.61. The Bertz CT molecular complexity index is 679. The van der Waals surface area contributed by atoms with Crippen LogP contribution in [0.5, 0.6) is 0 Å². The zero-order valence-corrected chi connectivity index (χ0v) is 11.2. The number of thiazole rings is 1. The van der Waals surface area contributed by atoms with Gasteiger partial charge in [0.25, 0.3) is 0 Å². The van der Waals surface area contributed by atoms with E-state index in [0.29, 0.717) is 0 Å². The van der Waals surface area contributed by atoms with Gasteiger partial charge >= 0.3 is 0 Å². The largest absolute Gasteiger partial charge is 0.325 e. The summed E-state index contributed by atoms with van der Waals surface area (Å²) in [5.41, 5.74) is 0.874. The zero-order valence-electron chi connectivity index (χ0n) is 10.4. The van der Waals surface area contributed by atoms with Gasteiger partial charge in [-0.15, -0.1) is 11.3 Å². The van der Waals surface area contributed by atoms with Gasteiger partial charge in [0.05, 0.1) is 0 Å². The summed E-state index contributed by atoms with van der Waals surface area (Å²) < 4.78 is 0. The molecule has 19 heavy (non-hydrogen) atoms. The first-order valence-corrected chi connectivity index (χ1v) is 6.71. The standard InChI is InChI=1S/C14H12N4S/c1-10-9-16-14(19-10)11-5-4-7-13(17-11)18-12-6-2-3-8-15-12/h2-9H,1H3,(H,15,17,18). The molecule has 3 heterocycles. The highest BCUT2D eigenvalue weighted by Gasteiger charge is 2.05. The van der Waals surface area contributed by atoms with Gasteiger partial charge in [-0.2, -0.15) is 0 Å². The predicted octanol–water partition coefficient (Wildman–Crippen LogP) is 3.65. The van der Waals surface area contributed by atoms with Crippen molar-refractivity contribution in [2.45, 2.75) is 6.92 Å². The lowest BCUT2D eigenvalue weighted by Gasteiger charge is -2.05. The molecule has 0 bridgehead atoms. The normalized spacial score (nSPS) is 10.4. The van der Waals surface area contributed by atoms with E-state index in [1.54, 1.807) is 17.5 Å². The number of hydrogen-bond donors (Lipinski definition) is 1. The molecule has 3 rings (SSSR count). The Labute approximate surface area is 115 Å². The minimum atomic E-state index is 0.768. The van der Waals surface area contributed by atoms with E-state index in [0.717, 1.165) is 22.3 Å². The summed E-state index contributed by atoms with van der Waals surface area (Å²) in [5.74, 6) is 1.55. The van der Waals surface area contributed by atoms with Crippen molar-refractivity contribution in [3.8, 4) is 10.7 Å². The number of pyridine rings is 2. The van der Waals surface area contributed by atoms with Crippen molar-refractivity contribution in [2.75, 3.05) is 5.32 Å². The van der Waals surface area contributed by atoms with Gasteiger partial charge in [0.15, 0.2) is 0 Å². The lowest BCUT2D eigenvalue weighted by atomic mass is 10.3. The summed E-state index contributed by atoms with van der Waals surface area (Å²) in [6, 6.07) is 11.6. The van der Waals surface area contributed by atoms with Crippen LogP contribution in [-0.4, -0.2) is 15.0 Å². The summed E-state index contributed by atoms with van der Waals surface area (Å²) >= 11 is 1.64. The SMILES string of the molecule is Cc1cnc(-c2cccc(Nc3ccccn3)n2)s1. The second kappa shape index (κ2) is 5.16. The molecule has 0 radical (unpaired) electrons. The fraction of sp³-hybridized carbons (Fsp3) is 0.0714. The van der Waals surface area contributed by atoms with Crippen LogP contribution in [0, 0.1) is 6.92 Å². The molecule has 3 aromatic heterocycles. The maximum Gasteiger partial charge on any atom is 0.142 e. The molecule has 1 N–H and O–H groups in total. The molecule has 0 atom stereocenters. The molecule has 5 heteroatoms. The third-order valence-electron chi connectivity index (χ3n) is 2.51. The number of hydrogen-bond acceptors (Lipinski definition) is 5. The first-order chi connectivity index (χ1) is 9.31. The molecule has 0 unspecified atom stereocenters. The number of rotatable bonds is 3. The number of aromatic nitrogens is 3. The first-order valence-electron chi connectivity index (χ1n) is 5.89. The van der Waals surface area contributed by atoms with Crippen LogP contribution in [0.15, 0.2) is 48.8 Å². The highest BCUT2D eigenvalue weighted by atomic mass is 32.1. The summed E-state index contributed by atoms with van der Waals surface area (Å²) in [6.45, 7) is 2.04. The molecule has 0 saturated heterocycles. The fourth-order valence-corrected chi connectivity index (χ4v) is 2.40. The number of nitrogens with one attached hydrogen (secondary N) is 1. The summed E-state index contributed by atoms with van der Waals surface area (Å²) in [5, 5.41) is 4.11. The van der Waals surface area contributed by atoms with E-state index >= 15 is 0 Å². The van der Waals surface area contributed by atoms with Crippen molar-refractivity contribution in [2.24, 2.45) is 0 Å². The highest BCUT2D eigenvalue weighted by Crippen LogP contribution is 2.24. The molecule has 3 aromatic rings. The van der Waals surface area contributed by atoms with Crippen molar-refractivity contribution in [1.82, 2.24) is 15.0 Å². The van der Waals surface area contributed by atoms with Crippen LogP contribution in [0.2, 0.25) is 0 Å². The van der Waals surface area contributed by atoms with Crippen molar-refractivity contribution in [3.63, 3.8) is 0 Å². The van der Waals surface area contributed by atoms with Gasteiger partial charge in [-0.25, -0.2) is 15.0 Å². The number of anilines is 2. The Morgan fingerprint density at radius 2 is 1.89 bits per heavy atom. The summed E-state index contributed by atoms with van der Waals surface area (Å²) in [4.78, 5) is 14.3. The van der Waals surface area contributed by atoms with Crippen molar-refractivity contribution in [1.29, 1.82) is 0 Å². The second-order valence-electron chi connectivity index (χ2n) is 4.02. The molecular formula is C14H12N4S. The molecule has 0 aromatic carbocycles. The Morgan fingerprint density at radius 1 is 1.00 bits per heavy atom. The molecule has 0 aliphatic rings. The molecule has 0 aliphatic carbocycles. The average molecular weight is 268 g/mol. The van der Waals surface area contributed by atoms with E-state index in [1.807, 2.05) is 49.5 Å². The van der Waals surface area contributed by atoms with Crippen LogP contribution in [-0.2, 0) is 0 Å². The van der Waals surface area contributed by atoms with Gasteiger partial charge in [-0.3, -0.25) is 0 Å². The zero-order chi connectivity index (χ0) is 13.1. The molecule has 0 fully saturated rings. The van der Waals surface area contributed by atoms with Crippen LogP contribution < -0.4 is 5.32 Å². The third-order valence-corrected chi connectivity index (χ3v) is 3.45. The lowest BCUT2D eigenvalue weighted by molar-refractivity contribution is 1.24. The first kappa shape index (κ1) is 11.8. The Kier molecular flexibility index (Phi) is 3.20. The summed E-state index contributed by atoms with van der Waals surface area (Å²) in [7, 11) is 0. The van der Waals surface area contributed by atoms with Crippen LogP contribution in [0.25, 0.3) is 10.7 Å². The van der Waals surface area contributed by atoms with E-state index in [1.165, 1.54) is 4.88 Å². The molecule has 94 valence electrons. The van der Waals surface area contributed by atoms with Crippen LogP contribution in [0.1, 0.15) is 4.88 Å². The maximum absolute atomic E-state index is 4.55. The Morgan fingerprint density at radius 3 is 2.63 bits per heavy atom. The van der Waals surface area contributed by atoms with E-state index in [-0.39, 0.29) is 0 Å². The molecule has 0 spiro atoms. The van der Waals surface area contributed by atoms with Gasteiger partial charge in [-0.05, 0) is 31.2 Å².